The molecule has 2 aromatic carbocycles. The van der Waals surface area contributed by atoms with Gasteiger partial charge in [-0.05, 0) is 67.5 Å². The summed E-state index contributed by atoms with van der Waals surface area (Å²) >= 11 is 12.7. The van der Waals surface area contributed by atoms with E-state index in [4.69, 9.17) is 38.0 Å². The molecular formula is C22H22ClN3O4S2. The molecule has 3 rings (SSSR count). The number of aryl methyl sites for hydroxylation is 2. The van der Waals surface area contributed by atoms with Gasteiger partial charge >= 0.3 is 0 Å². The number of carbonyl (C=O) groups excluding carboxylic acids is 1. The third-order valence-corrected chi connectivity index (χ3v) is 5.99. The second-order valence-electron chi connectivity index (χ2n) is 6.77. The molecular weight excluding hydrogens is 470 g/mol. The van der Waals surface area contributed by atoms with E-state index in [1.807, 2.05) is 37.4 Å². The van der Waals surface area contributed by atoms with Crippen LogP contribution in [0.3, 0.4) is 0 Å². The lowest BCUT2D eigenvalue weighted by Gasteiger charge is -2.11. The highest BCUT2D eigenvalue weighted by atomic mass is 35.5. The van der Waals surface area contributed by atoms with Crippen molar-refractivity contribution in [1.82, 2.24) is 10.3 Å². The van der Waals surface area contributed by atoms with Crippen molar-refractivity contribution in [1.29, 1.82) is 0 Å². The Bertz CT molecular complexity index is 1130. The van der Waals surface area contributed by atoms with Gasteiger partial charge in [0.1, 0.15) is 5.75 Å². The third kappa shape index (κ3) is 5.87. The molecule has 3 aromatic rings. The third-order valence-electron chi connectivity index (χ3n) is 4.44. The summed E-state index contributed by atoms with van der Waals surface area (Å²) in [4.78, 5) is 16.7. The summed E-state index contributed by atoms with van der Waals surface area (Å²) in [5.74, 6) is 1.43. The largest absolute Gasteiger partial charge is 0.493 e. The van der Waals surface area contributed by atoms with Crippen LogP contribution in [0.4, 0.5) is 5.13 Å². The predicted octanol–water partition coefficient (Wildman–Crippen LogP) is 4.99. The lowest BCUT2D eigenvalue weighted by Crippen LogP contribution is -2.37. The molecule has 0 saturated carbocycles. The number of amides is 1. The Morgan fingerprint density at radius 1 is 1.12 bits per heavy atom. The zero-order chi connectivity index (χ0) is 23.3. The molecule has 0 aliphatic heterocycles. The number of anilines is 1. The monoisotopic (exact) mass is 491 g/mol. The first kappa shape index (κ1) is 23.8. The van der Waals surface area contributed by atoms with Gasteiger partial charge in [0.15, 0.2) is 28.3 Å². The van der Waals surface area contributed by atoms with Gasteiger partial charge in [0.2, 0.25) is 0 Å². The van der Waals surface area contributed by atoms with Gasteiger partial charge in [0.25, 0.3) is 5.91 Å². The van der Waals surface area contributed by atoms with Crippen LogP contribution in [-0.2, 0) is 4.79 Å². The molecule has 10 heteroatoms. The molecule has 2 N–H and O–H groups in total. The number of benzene rings is 2. The minimum atomic E-state index is -0.385. The quantitative estimate of drug-likeness (QED) is 0.450. The molecule has 0 aliphatic rings. The maximum Gasteiger partial charge on any atom is 0.264 e. The maximum absolute atomic E-state index is 12.2. The molecule has 0 unspecified atom stereocenters. The van der Waals surface area contributed by atoms with E-state index in [0.717, 1.165) is 22.4 Å². The van der Waals surface area contributed by atoms with Crippen LogP contribution >= 0.6 is 35.2 Å². The van der Waals surface area contributed by atoms with Crippen LogP contribution in [0.15, 0.2) is 35.7 Å². The Morgan fingerprint density at radius 2 is 1.81 bits per heavy atom. The van der Waals surface area contributed by atoms with E-state index in [2.05, 4.69) is 15.6 Å². The van der Waals surface area contributed by atoms with E-state index < -0.39 is 0 Å². The number of rotatable bonds is 7. The van der Waals surface area contributed by atoms with E-state index in [9.17, 15) is 4.79 Å². The van der Waals surface area contributed by atoms with Crippen molar-refractivity contribution in [2.24, 2.45) is 0 Å². The zero-order valence-electron chi connectivity index (χ0n) is 17.9. The summed E-state index contributed by atoms with van der Waals surface area (Å²) in [6, 6.07) is 9.11. The molecule has 168 valence electrons. The van der Waals surface area contributed by atoms with Crippen LogP contribution in [-0.4, -0.2) is 36.8 Å². The van der Waals surface area contributed by atoms with Gasteiger partial charge in [-0.25, -0.2) is 4.98 Å². The van der Waals surface area contributed by atoms with Crippen LogP contribution in [0.25, 0.3) is 11.3 Å². The molecule has 0 saturated heterocycles. The topological polar surface area (TPSA) is 81.7 Å². The van der Waals surface area contributed by atoms with E-state index in [0.29, 0.717) is 27.4 Å². The molecule has 32 heavy (non-hydrogen) atoms. The van der Waals surface area contributed by atoms with Gasteiger partial charge < -0.3 is 19.5 Å². The van der Waals surface area contributed by atoms with E-state index in [1.54, 1.807) is 26.4 Å². The minimum Gasteiger partial charge on any atom is -0.493 e. The molecule has 1 aromatic heterocycles. The summed E-state index contributed by atoms with van der Waals surface area (Å²) in [6.45, 7) is 3.58. The number of nitrogens with one attached hydrogen (secondary N) is 2. The molecule has 0 spiro atoms. The van der Waals surface area contributed by atoms with Crippen LogP contribution < -0.4 is 24.8 Å². The molecule has 0 radical (unpaired) electrons. The highest BCUT2D eigenvalue weighted by molar-refractivity contribution is 7.80. The van der Waals surface area contributed by atoms with Gasteiger partial charge in [-0.2, -0.15) is 0 Å². The fourth-order valence-corrected chi connectivity index (χ4v) is 4.00. The average molecular weight is 492 g/mol. The number of nitrogens with zero attached hydrogens (tertiary/aromatic N) is 1. The number of halogens is 1. The SMILES string of the molecule is COc1ccc(-c2csc(NC(=S)NC(=O)COc3cc(C)c(Cl)c(C)c3)n2)cc1OC. The van der Waals surface area contributed by atoms with Gasteiger partial charge in [0, 0.05) is 16.0 Å². The van der Waals surface area contributed by atoms with E-state index in [1.165, 1.54) is 11.3 Å². The van der Waals surface area contributed by atoms with Crippen LogP contribution in [0.1, 0.15) is 11.1 Å². The Labute approximate surface area is 200 Å². The standard InChI is InChI=1S/C22H22ClN3O4S2/c1-12-7-15(8-13(2)20(12)23)30-10-19(27)25-21(31)26-22-24-16(11-32-22)14-5-6-17(28-3)18(9-14)29-4/h5-9,11H,10H2,1-4H3,(H2,24,25,26,27,31). The number of thiocarbonyl (C=S) groups is 1. The van der Waals surface area contributed by atoms with Crippen molar-refractivity contribution in [2.75, 3.05) is 26.1 Å². The number of hydrogen-bond acceptors (Lipinski definition) is 7. The predicted molar refractivity (Wildman–Crippen MR) is 131 cm³/mol. The normalized spacial score (nSPS) is 10.4. The number of thiazole rings is 1. The summed E-state index contributed by atoms with van der Waals surface area (Å²) in [5.41, 5.74) is 3.37. The van der Waals surface area contributed by atoms with Crippen molar-refractivity contribution < 1.29 is 19.0 Å². The van der Waals surface area contributed by atoms with Gasteiger partial charge in [-0.3, -0.25) is 10.1 Å². The number of ether oxygens (including phenoxy) is 3. The molecule has 0 aliphatic carbocycles. The Balaban J connectivity index is 1.55. The first-order valence-corrected chi connectivity index (χ1v) is 11.2. The van der Waals surface area contributed by atoms with Crippen molar-refractivity contribution in [3.63, 3.8) is 0 Å². The lowest BCUT2D eigenvalue weighted by atomic mass is 10.1. The Kier molecular flexibility index (Phi) is 7.89. The summed E-state index contributed by atoms with van der Waals surface area (Å²) in [6.07, 6.45) is 0. The van der Waals surface area contributed by atoms with E-state index in [-0.39, 0.29) is 17.6 Å². The second kappa shape index (κ2) is 10.6. The van der Waals surface area contributed by atoms with Gasteiger partial charge in [-0.15, -0.1) is 11.3 Å². The molecule has 1 amide bonds. The average Bonchev–Trinajstić information content (AvgIpc) is 3.23. The fourth-order valence-electron chi connectivity index (χ4n) is 2.89. The summed E-state index contributed by atoms with van der Waals surface area (Å²) in [7, 11) is 3.16. The van der Waals surface area contributed by atoms with Gasteiger partial charge in [0.05, 0.1) is 19.9 Å². The molecule has 0 fully saturated rings. The maximum atomic E-state index is 12.2. The number of methoxy groups -OCH3 is 2. The fraction of sp³-hybridized carbons (Fsp3) is 0.227. The van der Waals surface area contributed by atoms with Gasteiger partial charge in [-0.1, -0.05) is 11.6 Å². The number of aromatic nitrogens is 1. The lowest BCUT2D eigenvalue weighted by molar-refractivity contribution is -0.121. The number of carbonyl (C=O) groups is 1. The first-order valence-electron chi connectivity index (χ1n) is 9.49. The van der Waals surface area contributed by atoms with Crippen molar-refractivity contribution >= 4 is 51.3 Å². The van der Waals surface area contributed by atoms with E-state index >= 15 is 0 Å². The Morgan fingerprint density at radius 3 is 2.47 bits per heavy atom. The van der Waals surface area contributed by atoms with Crippen molar-refractivity contribution in [3.8, 4) is 28.5 Å². The summed E-state index contributed by atoms with van der Waals surface area (Å²) < 4.78 is 16.1. The van der Waals surface area contributed by atoms with Crippen LogP contribution in [0.5, 0.6) is 17.2 Å². The number of hydrogen-bond donors (Lipinski definition) is 2. The second-order valence-corrected chi connectivity index (χ2v) is 8.41. The van der Waals surface area contributed by atoms with Crippen LogP contribution in [0, 0.1) is 13.8 Å². The molecule has 1 heterocycles. The van der Waals surface area contributed by atoms with Crippen molar-refractivity contribution in [2.45, 2.75) is 13.8 Å². The minimum absolute atomic E-state index is 0.135. The first-order chi connectivity index (χ1) is 15.3. The zero-order valence-corrected chi connectivity index (χ0v) is 20.3. The highest BCUT2D eigenvalue weighted by Gasteiger charge is 2.12. The van der Waals surface area contributed by atoms with Crippen molar-refractivity contribution in [3.05, 3.63) is 51.9 Å². The highest BCUT2D eigenvalue weighted by Crippen LogP contribution is 2.33. The smallest absolute Gasteiger partial charge is 0.264 e. The Hall–Kier alpha value is -2.88. The molecule has 0 bridgehead atoms. The summed E-state index contributed by atoms with van der Waals surface area (Å²) in [5, 5.41) is 8.74. The molecule has 0 atom stereocenters. The molecule has 7 nitrogen and oxygen atoms in total. The van der Waals surface area contributed by atoms with Crippen LogP contribution in [0.2, 0.25) is 5.02 Å².